The van der Waals surface area contributed by atoms with Gasteiger partial charge in [0.1, 0.15) is 0 Å². The minimum Gasteiger partial charge on any atom is -0.417 e. The summed E-state index contributed by atoms with van der Waals surface area (Å²) in [5, 5.41) is 0.291. The molecule has 0 amide bonds. The van der Waals surface area contributed by atoms with E-state index in [1.165, 1.54) is 0 Å². The monoisotopic (exact) mass is 630 g/mol. The summed E-state index contributed by atoms with van der Waals surface area (Å²) in [6, 6.07) is 0. The molecule has 2 aliphatic rings. The molecule has 1 aliphatic carbocycles. The smallest absolute Gasteiger partial charge is 0.341 e. The van der Waals surface area contributed by atoms with Gasteiger partial charge in [-0.3, -0.25) is 0 Å². The predicted octanol–water partition coefficient (Wildman–Crippen LogP) is 8.77. The standard InChI is InChI=1S/C32H66O6Si3/c1-16-34-30-21-27-26(29(22-28(27)36-30)38-41(33,23(2)3)24(4)5)18-17-25(37-40(14,15)32(9,10)11)19-20-35-39(12,13)31(6,7)8/h17-18,23-30,33H,16,19-22H2,1-15H3/b18-17+/t25-,26+,27-,28+,29-,30?/m1/s1. The lowest BCUT2D eigenvalue weighted by molar-refractivity contribution is -0.133. The summed E-state index contributed by atoms with van der Waals surface area (Å²) in [6.45, 7) is 34.8. The molecule has 6 atom stereocenters. The Morgan fingerprint density at radius 2 is 1.46 bits per heavy atom. The average Bonchev–Trinajstić information content (AvgIpc) is 3.32. The van der Waals surface area contributed by atoms with Gasteiger partial charge in [0.15, 0.2) is 22.9 Å². The predicted molar refractivity (Wildman–Crippen MR) is 179 cm³/mol. The molecule has 1 saturated carbocycles. The molecule has 1 heterocycles. The van der Waals surface area contributed by atoms with Crippen LogP contribution in [-0.4, -0.2) is 67.8 Å². The summed E-state index contributed by atoms with van der Waals surface area (Å²) >= 11 is 0. The molecule has 0 aromatic rings. The number of fused-ring (bicyclic) bond motifs is 1. The quantitative estimate of drug-likeness (QED) is 0.153. The molecule has 0 aromatic heterocycles. The van der Waals surface area contributed by atoms with Crippen molar-refractivity contribution >= 4 is 25.2 Å². The lowest BCUT2D eigenvalue weighted by atomic mass is 9.91. The SMILES string of the molecule is CCOC1C[C@@H]2[C@H](/C=C/[C@H](CCO[Si](C)(C)C(C)(C)C)O[Si](C)(C)C(C)(C)C)[C@H](O[Si](O)(C(C)C)C(C)C)C[C@@H]2O1. The second-order valence-corrected chi connectivity index (χ2v) is 29.8. The fourth-order valence-electron chi connectivity index (χ4n) is 5.54. The van der Waals surface area contributed by atoms with Gasteiger partial charge in [-0.1, -0.05) is 81.4 Å². The van der Waals surface area contributed by atoms with Crippen LogP contribution in [0.3, 0.4) is 0 Å². The first kappa shape index (κ1) is 37.3. The van der Waals surface area contributed by atoms with Gasteiger partial charge in [-0.15, -0.1) is 0 Å². The highest BCUT2D eigenvalue weighted by atomic mass is 28.4. The lowest BCUT2D eigenvalue weighted by Crippen LogP contribution is -2.49. The summed E-state index contributed by atoms with van der Waals surface area (Å²) in [5.41, 5.74) is 0.235. The Balaban J connectivity index is 2.35. The average molecular weight is 631 g/mol. The zero-order valence-corrected chi connectivity index (χ0v) is 32.3. The van der Waals surface area contributed by atoms with Crippen LogP contribution in [-0.2, 0) is 22.8 Å². The molecule has 1 aliphatic heterocycles. The van der Waals surface area contributed by atoms with Crippen LogP contribution in [0.2, 0.25) is 47.3 Å². The Kier molecular flexibility index (Phi) is 12.8. The van der Waals surface area contributed by atoms with Crippen LogP contribution in [0, 0.1) is 11.8 Å². The topological polar surface area (TPSA) is 66.4 Å². The highest BCUT2D eigenvalue weighted by molar-refractivity contribution is 6.74. The number of rotatable bonds is 14. The minimum atomic E-state index is -2.93. The Hall–Kier alpha value is 0.151. The first-order chi connectivity index (χ1) is 18.6. The molecule has 1 unspecified atom stereocenters. The van der Waals surface area contributed by atoms with Crippen molar-refractivity contribution in [2.24, 2.45) is 11.8 Å². The van der Waals surface area contributed by atoms with Crippen molar-refractivity contribution in [3.05, 3.63) is 12.2 Å². The zero-order chi connectivity index (χ0) is 31.6. The van der Waals surface area contributed by atoms with E-state index in [1.54, 1.807) is 0 Å². The summed E-state index contributed by atoms with van der Waals surface area (Å²) in [6.07, 6.45) is 6.95. The van der Waals surface area contributed by atoms with E-state index in [-0.39, 0.29) is 51.7 Å². The molecule has 1 saturated heterocycles. The fraction of sp³-hybridized carbons (Fsp3) is 0.938. The molecule has 0 spiro atoms. The normalized spacial score (nSPS) is 27.4. The van der Waals surface area contributed by atoms with Gasteiger partial charge in [-0.2, -0.15) is 0 Å². The van der Waals surface area contributed by atoms with Gasteiger partial charge in [-0.05, 0) is 73.0 Å². The molecule has 2 fully saturated rings. The van der Waals surface area contributed by atoms with Gasteiger partial charge < -0.3 is 27.5 Å². The molecule has 1 N–H and O–H groups in total. The molecule has 0 radical (unpaired) electrons. The third-order valence-electron chi connectivity index (χ3n) is 10.5. The lowest BCUT2D eigenvalue weighted by Gasteiger charge is -2.40. The Labute approximate surface area is 256 Å². The Bertz CT molecular complexity index is 837. The van der Waals surface area contributed by atoms with E-state index in [9.17, 15) is 4.80 Å². The number of hydrogen-bond acceptors (Lipinski definition) is 6. The zero-order valence-electron chi connectivity index (χ0n) is 29.3. The molecular weight excluding hydrogens is 565 g/mol. The molecule has 6 nitrogen and oxygen atoms in total. The molecule has 9 heteroatoms. The van der Waals surface area contributed by atoms with Crippen LogP contribution in [0.4, 0.5) is 0 Å². The molecule has 242 valence electrons. The van der Waals surface area contributed by atoms with Gasteiger partial charge >= 0.3 is 8.56 Å². The largest absolute Gasteiger partial charge is 0.417 e. The van der Waals surface area contributed by atoms with Crippen molar-refractivity contribution < 1.29 is 27.5 Å². The van der Waals surface area contributed by atoms with Crippen molar-refractivity contribution in [2.45, 2.75) is 167 Å². The third-order valence-corrected chi connectivity index (χ3v) is 23.5. The van der Waals surface area contributed by atoms with E-state index in [1.807, 2.05) is 6.92 Å². The van der Waals surface area contributed by atoms with Crippen molar-refractivity contribution in [3.8, 4) is 0 Å². The summed E-state index contributed by atoms with van der Waals surface area (Å²) in [4.78, 5) is 11.7. The summed E-state index contributed by atoms with van der Waals surface area (Å²) < 4.78 is 32.6. The van der Waals surface area contributed by atoms with Gasteiger partial charge in [0.05, 0.1) is 18.3 Å². The summed E-state index contributed by atoms with van der Waals surface area (Å²) in [5.74, 6) is 0.455. The van der Waals surface area contributed by atoms with E-state index in [2.05, 4.69) is 108 Å². The highest BCUT2D eigenvalue weighted by Crippen LogP contribution is 2.48. The van der Waals surface area contributed by atoms with Crippen LogP contribution in [0.1, 0.15) is 95.4 Å². The van der Waals surface area contributed by atoms with Crippen LogP contribution >= 0.6 is 0 Å². The van der Waals surface area contributed by atoms with E-state index in [0.717, 1.165) is 19.3 Å². The van der Waals surface area contributed by atoms with Gasteiger partial charge in [0, 0.05) is 25.6 Å². The molecule has 0 aromatic carbocycles. The van der Waals surface area contributed by atoms with Crippen LogP contribution < -0.4 is 0 Å². The minimum absolute atomic E-state index is 0.0308. The number of hydrogen-bond donors (Lipinski definition) is 1. The summed E-state index contributed by atoms with van der Waals surface area (Å²) in [7, 11) is -6.80. The van der Waals surface area contributed by atoms with E-state index < -0.39 is 25.2 Å². The first-order valence-electron chi connectivity index (χ1n) is 16.2. The van der Waals surface area contributed by atoms with Crippen molar-refractivity contribution in [1.29, 1.82) is 0 Å². The van der Waals surface area contributed by atoms with Crippen molar-refractivity contribution in [2.75, 3.05) is 13.2 Å². The fourth-order valence-corrected chi connectivity index (χ4v) is 10.5. The maximum absolute atomic E-state index is 11.7. The van der Waals surface area contributed by atoms with Crippen molar-refractivity contribution in [3.63, 3.8) is 0 Å². The second kappa shape index (κ2) is 14.1. The Morgan fingerprint density at radius 1 is 0.902 bits per heavy atom. The molecule has 2 rings (SSSR count). The van der Waals surface area contributed by atoms with Crippen LogP contribution in [0.15, 0.2) is 12.2 Å². The maximum atomic E-state index is 11.7. The first-order valence-corrected chi connectivity index (χ1v) is 24.1. The molecular formula is C32H66O6Si3. The van der Waals surface area contributed by atoms with E-state index in [4.69, 9.17) is 22.8 Å². The van der Waals surface area contributed by atoms with Gasteiger partial charge in [0.2, 0.25) is 0 Å². The van der Waals surface area contributed by atoms with Crippen LogP contribution in [0.5, 0.6) is 0 Å². The third kappa shape index (κ3) is 9.33. The maximum Gasteiger partial charge on any atom is 0.341 e. The van der Waals surface area contributed by atoms with Gasteiger partial charge in [0.25, 0.3) is 0 Å². The Morgan fingerprint density at radius 3 is 1.95 bits per heavy atom. The highest BCUT2D eigenvalue weighted by Gasteiger charge is 2.53. The second-order valence-electron chi connectivity index (χ2n) is 16.2. The number of ether oxygens (including phenoxy) is 2. The van der Waals surface area contributed by atoms with Crippen molar-refractivity contribution in [1.82, 2.24) is 0 Å². The molecule has 0 bridgehead atoms. The van der Waals surface area contributed by atoms with Gasteiger partial charge in [-0.25, -0.2) is 0 Å². The molecule has 41 heavy (non-hydrogen) atoms. The van der Waals surface area contributed by atoms with E-state index >= 15 is 0 Å². The van der Waals surface area contributed by atoms with Crippen LogP contribution in [0.25, 0.3) is 0 Å². The van der Waals surface area contributed by atoms with E-state index in [0.29, 0.717) is 19.1 Å².